The van der Waals surface area contributed by atoms with Crippen molar-refractivity contribution < 1.29 is 23.8 Å². The van der Waals surface area contributed by atoms with Gasteiger partial charge in [0, 0.05) is 6.61 Å². The van der Waals surface area contributed by atoms with E-state index in [1.54, 1.807) is 20.8 Å². The molecule has 1 aromatic carbocycles. The molecule has 24 heavy (non-hydrogen) atoms. The topological polar surface area (TPSA) is 65.1 Å². The molecule has 2 rings (SSSR count). The monoisotopic (exact) mass is 335 g/mol. The number of benzene rings is 1. The van der Waals surface area contributed by atoms with Crippen LogP contribution < -0.4 is 0 Å². The lowest BCUT2D eigenvalue weighted by Gasteiger charge is -2.45. The average Bonchev–Trinajstić information content (AvgIpc) is 2.51. The van der Waals surface area contributed by atoms with Crippen molar-refractivity contribution in [3.8, 4) is 0 Å². The van der Waals surface area contributed by atoms with Gasteiger partial charge in [0.25, 0.3) is 5.91 Å². The first-order valence-electron chi connectivity index (χ1n) is 8.15. The molecule has 132 valence electrons. The molecule has 0 aliphatic carbocycles. The minimum absolute atomic E-state index is 0.301. The third-order valence-electron chi connectivity index (χ3n) is 3.51. The van der Waals surface area contributed by atoms with Crippen LogP contribution in [0.4, 0.5) is 4.79 Å². The molecule has 0 N–H and O–H groups in total. The lowest BCUT2D eigenvalue weighted by molar-refractivity contribution is -0.173. The molecule has 0 radical (unpaired) electrons. The maximum absolute atomic E-state index is 12.4. The molecule has 6 heteroatoms. The molecule has 0 saturated carbocycles. The van der Waals surface area contributed by atoms with E-state index in [0.717, 1.165) is 10.5 Å². The first-order valence-corrected chi connectivity index (χ1v) is 8.15. The number of hydrogen-bond acceptors (Lipinski definition) is 5. The number of imide groups is 1. The number of carbonyl (C=O) groups excluding carboxylic acids is 2. The summed E-state index contributed by atoms with van der Waals surface area (Å²) < 4.78 is 16.2. The number of nitrogens with zero attached hydrogens (tertiary/aromatic N) is 1. The number of rotatable bonds is 6. The summed E-state index contributed by atoms with van der Waals surface area (Å²) in [7, 11) is 0. The summed E-state index contributed by atoms with van der Waals surface area (Å²) >= 11 is 0. The van der Waals surface area contributed by atoms with Gasteiger partial charge in [0.05, 0.1) is 13.2 Å². The van der Waals surface area contributed by atoms with Crippen molar-refractivity contribution in [1.82, 2.24) is 4.90 Å². The Labute approximate surface area is 142 Å². The summed E-state index contributed by atoms with van der Waals surface area (Å²) in [5.41, 5.74) is 0.170. The molecule has 1 saturated heterocycles. The third kappa shape index (κ3) is 4.33. The Bertz CT molecular complexity index is 567. The summed E-state index contributed by atoms with van der Waals surface area (Å²) in [5.74, 6) is -0.380. The van der Waals surface area contributed by atoms with Crippen LogP contribution in [-0.4, -0.2) is 48.4 Å². The number of hydrogen-bond donors (Lipinski definition) is 0. The van der Waals surface area contributed by atoms with Gasteiger partial charge in [-0.2, -0.15) is 0 Å². The Morgan fingerprint density at radius 2 is 1.83 bits per heavy atom. The first kappa shape index (κ1) is 18.4. The number of carbonyl (C=O) groups is 2. The molecule has 1 aliphatic heterocycles. The van der Waals surface area contributed by atoms with Gasteiger partial charge in [0.2, 0.25) is 0 Å². The lowest BCUT2D eigenvalue weighted by Crippen LogP contribution is -2.62. The zero-order valence-electron chi connectivity index (χ0n) is 14.7. The Morgan fingerprint density at radius 1 is 1.17 bits per heavy atom. The van der Waals surface area contributed by atoms with Crippen LogP contribution in [0.2, 0.25) is 0 Å². The molecule has 1 aromatic rings. The van der Waals surface area contributed by atoms with E-state index >= 15 is 0 Å². The highest BCUT2D eigenvalue weighted by Gasteiger charge is 2.53. The van der Waals surface area contributed by atoms with Crippen molar-refractivity contribution in [2.24, 2.45) is 0 Å². The SMILES string of the molecule is CCOCCO[C@H]1C(=O)N(C(=O)OC(C)(C)C)[C@H]1c1ccccc1. The van der Waals surface area contributed by atoms with Crippen LogP contribution in [0.3, 0.4) is 0 Å². The highest BCUT2D eigenvalue weighted by molar-refractivity contribution is 6.01. The highest BCUT2D eigenvalue weighted by atomic mass is 16.6. The van der Waals surface area contributed by atoms with Crippen LogP contribution in [-0.2, 0) is 19.0 Å². The fraction of sp³-hybridized carbons (Fsp3) is 0.556. The van der Waals surface area contributed by atoms with Crippen molar-refractivity contribution in [3.63, 3.8) is 0 Å². The second kappa shape index (κ2) is 7.77. The van der Waals surface area contributed by atoms with Gasteiger partial charge in [0.15, 0.2) is 6.10 Å². The molecule has 1 fully saturated rings. The maximum Gasteiger partial charge on any atom is 0.417 e. The average molecular weight is 335 g/mol. The Hall–Kier alpha value is -1.92. The van der Waals surface area contributed by atoms with Crippen LogP contribution in [0.25, 0.3) is 0 Å². The van der Waals surface area contributed by atoms with Crippen molar-refractivity contribution in [2.75, 3.05) is 19.8 Å². The largest absolute Gasteiger partial charge is 0.443 e. The van der Waals surface area contributed by atoms with Gasteiger partial charge >= 0.3 is 6.09 Å². The smallest absolute Gasteiger partial charge is 0.417 e. The van der Waals surface area contributed by atoms with Crippen LogP contribution in [0.15, 0.2) is 30.3 Å². The molecule has 1 aliphatic rings. The maximum atomic E-state index is 12.4. The van der Waals surface area contributed by atoms with Crippen molar-refractivity contribution >= 4 is 12.0 Å². The number of β-lactam (4-membered cyclic amide) rings is 1. The number of ether oxygens (including phenoxy) is 3. The Balaban J connectivity index is 2.12. The molecular formula is C18H25NO5. The van der Waals surface area contributed by atoms with E-state index in [4.69, 9.17) is 14.2 Å². The summed E-state index contributed by atoms with van der Waals surface area (Å²) in [6.45, 7) is 8.50. The van der Waals surface area contributed by atoms with E-state index in [1.165, 1.54) is 0 Å². The summed E-state index contributed by atoms with van der Waals surface area (Å²) in [6, 6.07) is 8.87. The van der Waals surface area contributed by atoms with Gasteiger partial charge in [-0.15, -0.1) is 0 Å². The van der Waals surface area contributed by atoms with E-state index in [1.807, 2.05) is 37.3 Å². The van der Waals surface area contributed by atoms with E-state index in [9.17, 15) is 9.59 Å². The summed E-state index contributed by atoms with van der Waals surface area (Å²) in [4.78, 5) is 25.9. The van der Waals surface area contributed by atoms with Crippen LogP contribution in [0.1, 0.15) is 39.3 Å². The van der Waals surface area contributed by atoms with E-state index in [2.05, 4.69) is 0 Å². The van der Waals surface area contributed by atoms with Gasteiger partial charge < -0.3 is 14.2 Å². The van der Waals surface area contributed by atoms with Crippen molar-refractivity contribution in [2.45, 2.75) is 45.4 Å². The molecular weight excluding hydrogens is 310 g/mol. The van der Waals surface area contributed by atoms with E-state index in [-0.39, 0.29) is 5.91 Å². The molecule has 0 aromatic heterocycles. The Kier molecular flexibility index (Phi) is 5.96. The van der Waals surface area contributed by atoms with Gasteiger partial charge in [-0.05, 0) is 33.3 Å². The highest BCUT2D eigenvalue weighted by Crippen LogP contribution is 2.38. The number of amides is 2. The van der Waals surface area contributed by atoms with Crippen LogP contribution >= 0.6 is 0 Å². The fourth-order valence-corrected chi connectivity index (χ4v) is 2.49. The van der Waals surface area contributed by atoms with Gasteiger partial charge in [0.1, 0.15) is 11.6 Å². The minimum atomic E-state index is -0.694. The van der Waals surface area contributed by atoms with E-state index < -0.39 is 23.8 Å². The summed E-state index contributed by atoms with van der Waals surface area (Å²) in [6.07, 6.45) is -1.34. The van der Waals surface area contributed by atoms with E-state index in [0.29, 0.717) is 19.8 Å². The standard InChI is InChI=1S/C18H25NO5/c1-5-22-11-12-23-15-14(13-9-7-6-8-10-13)19(16(15)20)17(21)24-18(2,3)4/h6-10,14-15H,5,11-12H2,1-4H3/t14-,15+/m0/s1. The number of likely N-dealkylation sites (tertiary alicyclic amines) is 1. The fourth-order valence-electron chi connectivity index (χ4n) is 2.49. The first-order chi connectivity index (χ1) is 11.3. The van der Waals surface area contributed by atoms with Crippen molar-refractivity contribution in [1.29, 1.82) is 0 Å². The zero-order chi connectivity index (χ0) is 17.7. The van der Waals surface area contributed by atoms with Crippen LogP contribution in [0.5, 0.6) is 0 Å². The molecule has 0 bridgehead atoms. The summed E-state index contributed by atoms with van der Waals surface area (Å²) in [5, 5.41) is 0. The second-order valence-electron chi connectivity index (χ2n) is 6.53. The zero-order valence-corrected chi connectivity index (χ0v) is 14.7. The third-order valence-corrected chi connectivity index (χ3v) is 3.51. The Morgan fingerprint density at radius 3 is 2.42 bits per heavy atom. The predicted molar refractivity (Wildman–Crippen MR) is 88.5 cm³/mol. The second-order valence-corrected chi connectivity index (χ2v) is 6.53. The van der Waals surface area contributed by atoms with Crippen LogP contribution in [0, 0.1) is 0 Å². The molecule has 1 heterocycles. The predicted octanol–water partition coefficient (Wildman–Crippen LogP) is 2.93. The molecule has 6 nitrogen and oxygen atoms in total. The van der Waals surface area contributed by atoms with Gasteiger partial charge in [-0.3, -0.25) is 4.79 Å². The lowest BCUT2D eigenvalue weighted by atomic mass is 9.91. The molecule has 2 atom stereocenters. The quantitative estimate of drug-likeness (QED) is 0.591. The molecule has 0 spiro atoms. The minimum Gasteiger partial charge on any atom is -0.443 e. The van der Waals surface area contributed by atoms with Gasteiger partial charge in [-0.1, -0.05) is 30.3 Å². The van der Waals surface area contributed by atoms with Crippen molar-refractivity contribution in [3.05, 3.63) is 35.9 Å². The molecule has 2 amide bonds. The van der Waals surface area contributed by atoms with Gasteiger partial charge in [-0.25, -0.2) is 9.69 Å². The molecule has 0 unspecified atom stereocenters. The normalized spacial score (nSPS) is 20.7.